The number of carbonyl (C=O) groups is 2. The Morgan fingerprint density at radius 1 is 1.23 bits per heavy atom. The van der Waals surface area contributed by atoms with E-state index < -0.39 is 0 Å². The van der Waals surface area contributed by atoms with Crippen molar-refractivity contribution in [1.29, 1.82) is 0 Å². The number of rotatable bonds is 9. The second kappa shape index (κ2) is 10.00. The highest BCUT2D eigenvalue weighted by atomic mass is 16.2. The number of anilines is 1. The fraction of sp³-hybridized carbons (Fsp3) is 0.375. The maximum Gasteiger partial charge on any atom is 0.291 e. The minimum absolute atomic E-state index is 0.0955. The number of amides is 1. The molecular formula is C24H29N9O2. The Balaban J connectivity index is 1.68. The van der Waals surface area contributed by atoms with Crippen molar-refractivity contribution in [2.24, 2.45) is 0 Å². The van der Waals surface area contributed by atoms with Crippen LogP contribution in [0, 0.1) is 0 Å². The molecule has 1 atom stereocenters. The number of nitrogens with two attached hydrogens (primary N) is 1. The maximum atomic E-state index is 12.7. The van der Waals surface area contributed by atoms with Gasteiger partial charge in [0.2, 0.25) is 5.82 Å². The van der Waals surface area contributed by atoms with Gasteiger partial charge in [-0.15, -0.1) is 10.2 Å². The van der Waals surface area contributed by atoms with E-state index in [1.807, 2.05) is 19.1 Å². The Kier molecular flexibility index (Phi) is 6.85. The van der Waals surface area contributed by atoms with Gasteiger partial charge in [0.15, 0.2) is 11.4 Å². The van der Waals surface area contributed by atoms with Crippen LogP contribution in [0.1, 0.15) is 66.0 Å². The molecule has 11 nitrogen and oxygen atoms in total. The number of H-pyrrole nitrogens is 1. The summed E-state index contributed by atoms with van der Waals surface area (Å²) in [5.74, 6) is 0.00835. The zero-order valence-corrected chi connectivity index (χ0v) is 20.3. The molecule has 1 amide bonds. The van der Waals surface area contributed by atoms with Gasteiger partial charge in [-0.2, -0.15) is 9.61 Å². The van der Waals surface area contributed by atoms with Gasteiger partial charge in [0, 0.05) is 36.1 Å². The van der Waals surface area contributed by atoms with Crippen molar-refractivity contribution in [2.45, 2.75) is 52.5 Å². The van der Waals surface area contributed by atoms with Crippen LogP contribution < -0.4 is 5.73 Å². The van der Waals surface area contributed by atoms with Gasteiger partial charge >= 0.3 is 0 Å². The minimum atomic E-state index is -0.245. The highest BCUT2D eigenvalue weighted by Gasteiger charge is 2.25. The van der Waals surface area contributed by atoms with Gasteiger partial charge in [-0.05, 0) is 38.7 Å². The first-order valence-corrected chi connectivity index (χ1v) is 11.6. The molecule has 0 aliphatic carbocycles. The van der Waals surface area contributed by atoms with Crippen molar-refractivity contribution in [2.75, 3.05) is 12.8 Å². The summed E-state index contributed by atoms with van der Waals surface area (Å²) in [6, 6.07) is 3.86. The molecule has 0 bridgehead atoms. The average Bonchev–Trinajstić information content (AvgIpc) is 3.54. The number of ketones is 1. The van der Waals surface area contributed by atoms with Crippen molar-refractivity contribution in [1.82, 2.24) is 39.7 Å². The molecule has 182 valence electrons. The zero-order chi connectivity index (χ0) is 25.1. The smallest absolute Gasteiger partial charge is 0.291 e. The van der Waals surface area contributed by atoms with Crippen LogP contribution in [0.25, 0.3) is 16.8 Å². The Hall–Kier alpha value is -4.15. The average molecular weight is 476 g/mol. The van der Waals surface area contributed by atoms with Crippen LogP contribution in [0.4, 0.5) is 5.82 Å². The van der Waals surface area contributed by atoms with E-state index >= 15 is 0 Å². The minimum Gasteiger partial charge on any atom is -0.383 e. The van der Waals surface area contributed by atoms with Gasteiger partial charge < -0.3 is 15.6 Å². The SMILES string of the molecule is CCc1ccc(-c2cnn3c(N)c(C(C)=O)c(CC[C@@H](CC)N(C)C(=O)c4nnc[nH]4)nc23)cn1. The van der Waals surface area contributed by atoms with Crippen LogP contribution in [0.2, 0.25) is 0 Å². The number of carbonyl (C=O) groups excluding carboxylic acids is 2. The Bertz CT molecular complexity index is 1340. The summed E-state index contributed by atoms with van der Waals surface area (Å²) < 4.78 is 1.50. The number of nitrogens with zero attached hydrogens (tertiary/aromatic N) is 7. The number of hydrogen-bond acceptors (Lipinski definition) is 8. The van der Waals surface area contributed by atoms with Gasteiger partial charge in [0.1, 0.15) is 12.1 Å². The third-order valence-corrected chi connectivity index (χ3v) is 6.28. The lowest BCUT2D eigenvalue weighted by atomic mass is 10.0. The largest absolute Gasteiger partial charge is 0.383 e. The lowest BCUT2D eigenvalue weighted by Crippen LogP contribution is -2.37. The molecule has 0 aliphatic heterocycles. The molecule has 0 saturated carbocycles. The molecule has 0 aromatic carbocycles. The number of pyridine rings is 1. The van der Waals surface area contributed by atoms with E-state index in [0.29, 0.717) is 29.7 Å². The first kappa shape index (κ1) is 24.0. The third-order valence-electron chi connectivity index (χ3n) is 6.28. The highest BCUT2D eigenvalue weighted by molar-refractivity contribution is 6.00. The topological polar surface area (TPSA) is 148 Å². The lowest BCUT2D eigenvalue weighted by molar-refractivity contribution is 0.0707. The molecule has 35 heavy (non-hydrogen) atoms. The Morgan fingerprint density at radius 2 is 2.03 bits per heavy atom. The van der Waals surface area contributed by atoms with E-state index in [4.69, 9.17) is 10.7 Å². The predicted octanol–water partition coefficient (Wildman–Crippen LogP) is 2.74. The van der Waals surface area contributed by atoms with Crippen molar-refractivity contribution >= 4 is 23.2 Å². The van der Waals surface area contributed by atoms with E-state index in [9.17, 15) is 9.59 Å². The number of aryl methyl sites for hydroxylation is 2. The van der Waals surface area contributed by atoms with Crippen molar-refractivity contribution in [3.8, 4) is 11.1 Å². The molecule has 4 aromatic rings. The number of fused-ring (bicyclic) bond motifs is 1. The molecule has 4 aromatic heterocycles. The van der Waals surface area contributed by atoms with E-state index in [-0.39, 0.29) is 29.4 Å². The van der Waals surface area contributed by atoms with E-state index in [1.54, 1.807) is 24.3 Å². The lowest BCUT2D eigenvalue weighted by Gasteiger charge is -2.26. The molecule has 0 fully saturated rings. The number of nitrogen functional groups attached to an aromatic ring is 1. The summed E-state index contributed by atoms with van der Waals surface area (Å²) in [7, 11) is 1.73. The van der Waals surface area contributed by atoms with E-state index in [0.717, 1.165) is 29.7 Å². The number of Topliss-reactive ketones (excluding diaryl/α,β-unsaturated/α-hetero) is 1. The van der Waals surface area contributed by atoms with Gasteiger partial charge in [0.05, 0.1) is 17.5 Å². The number of nitrogens with one attached hydrogen (secondary N) is 1. The summed E-state index contributed by atoms with van der Waals surface area (Å²) in [5.41, 5.74) is 10.6. The van der Waals surface area contributed by atoms with Crippen molar-refractivity contribution in [3.63, 3.8) is 0 Å². The Labute approximate surface area is 202 Å². The molecule has 3 N–H and O–H groups in total. The van der Waals surface area contributed by atoms with E-state index in [2.05, 4.69) is 32.2 Å². The van der Waals surface area contributed by atoms with E-state index in [1.165, 1.54) is 17.8 Å². The van der Waals surface area contributed by atoms with Crippen molar-refractivity contribution in [3.05, 3.63) is 53.6 Å². The maximum absolute atomic E-state index is 12.7. The molecule has 0 unspecified atom stereocenters. The van der Waals surface area contributed by atoms with Crippen LogP contribution in [0.3, 0.4) is 0 Å². The second-order valence-electron chi connectivity index (χ2n) is 8.41. The number of aromatic amines is 1. The summed E-state index contributed by atoms with van der Waals surface area (Å²) in [6.45, 7) is 5.53. The summed E-state index contributed by atoms with van der Waals surface area (Å²) in [6.07, 6.45) is 7.47. The van der Waals surface area contributed by atoms with Crippen LogP contribution >= 0.6 is 0 Å². The first-order chi connectivity index (χ1) is 16.8. The summed E-state index contributed by atoms with van der Waals surface area (Å²) in [4.78, 5) is 39.0. The molecule has 4 rings (SSSR count). The molecule has 0 aliphatic rings. The Morgan fingerprint density at radius 3 is 2.63 bits per heavy atom. The number of aromatic nitrogens is 7. The van der Waals surface area contributed by atoms with Crippen LogP contribution in [0.5, 0.6) is 0 Å². The molecule has 0 saturated heterocycles. The summed E-state index contributed by atoms with van der Waals surface area (Å²) in [5, 5.41) is 11.9. The first-order valence-electron chi connectivity index (χ1n) is 11.6. The van der Waals surface area contributed by atoms with Gasteiger partial charge in [0.25, 0.3) is 5.91 Å². The van der Waals surface area contributed by atoms with Crippen LogP contribution in [0.15, 0.2) is 30.9 Å². The fourth-order valence-corrected chi connectivity index (χ4v) is 4.24. The predicted molar refractivity (Wildman–Crippen MR) is 131 cm³/mol. The zero-order valence-electron chi connectivity index (χ0n) is 20.3. The molecule has 11 heteroatoms. The molecule has 0 radical (unpaired) electrons. The second-order valence-corrected chi connectivity index (χ2v) is 8.41. The van der Waals surface area contributed by atoms with Crippen LogP contribution in [-0.2, 0) is 12.8 Å². The molecule has 4 heterocycles. The highest BCUT2D eigenvalue weighted by Crippen LogP contribution is 2.28. The number of hydrogen-bond donors (Lipinski definition) is 2. The van der Waals surface area contributed by atoms with Gasteiger partial charge in [-0.25, -0.2) is 4.98 Å². The standard InChI is InChI=1S/C24H29N9O2/c1-5-16-8-7-15(11-26-16)18-12-29-33-21(25)20(14(3)34)19(30-23(18)33)10-9-17(6-2)32(4)24(35)22-27-13-28-31-22/h7-8,11-13,17H,5-6,9-10,25H2,1-4H3,(H,27,28,31)/t17-/m1/s1. The van der Waals surface area contributed by atoms with Crippen molar-refractivity contribution < 1.29 is 9.59 Å². The normalized spacial score (nSPS) is 12.1. The monoisotopic (exact) mass is 475 g/mol. The van der Waals surface area contributed by atoms with Gasteiger partial charge in [-0.3, -0.25) is 14.6 Å². The van der Waals surface area contributed by atoms with Gasteiger partial charge in [-0.1, -0.05) is 19.9 Å². The third kappa shape index (κ3) is 4.61. The fourth-order valence-electron chi connectivity index (χ4n) is 4.24. The quantitative estimate of drug-likeness (QED) is 0.351. The molecule has 0 spiro atoms. The van der Waals surface area contributed by atoms with Crippen LogP contribution in [-0.4, -0.2) is 64.4 Å². The molecular weight excluding hydrogens is 446 g/mol. The summed E-state index contributed by atoms with van der Waals surface area (Å²) >= 11 is 0.